The number of primary sulfonamides is 1. The first-order valence-corrected chi connectivity index (χ1v) is 11.1. The van der Waals surface area contributed by atoms with Crippen LogP contribution in [0.4, 0.5) is 0 Å². The number of nitrogens with two attached hydrogens (primary N) is 1. The van der Waals surface area contributed by atoms with Gasteiger partial charge in [0.1, 0.15) is 4.90 Å². The summed E-state index contributed by atoms with van der Waals surface area (Å²) in [5.41, 5.74) is 0.252. The highest BCUT2D eigenvalue weighted by Crippen LogP contribution is 2.38. The molecule has 140 valence electrons. The molecular weight excluding hydrogens is 384 g/mol. The van der Waals surface area contributed by atoms with Gasteiger partial charge in [-0.15, -0.1) is 11.8 Å². The predicted octanol–water partition coefficient (Wildman–Crippen LogP) is 2.52. The van der Waals surface area contributed by atoms with Crippen LogP contribution >= 0.6 is 23.4 Å². The number of nitrogens with one attached hydrogen (secondary N) is 1. The van der Waals surface area contributed by atoms with Crippen LogP contribution in [-0.2, 0) is 10.0 Å². The second-order valence-corrected chi connectivity index (χ2v) is 9.31. The molecule has 1 amide bonds. The van der Waals surface area contributed by atoms with Crippen molar-refractivity contribution < 1.29 is 18.3 Å². The molecule has 6 nitrogen and oxygen atoms in total. The third-order valence-corrected chi connectivity index (χ3v) is 6.82. The van der Waals surface area contributed by atoms with E-state index in [1.165, 1.54) is 18.6 Å². The SMILES string of the molecule is NS(=O)(=O)c1cc(C(=O)NCCCO)c(SC2CCCCC2)cc1Cl. The summed E-state index contributed by atoms with van der Waals surface area (Å²) >= 11 is 7.66. The summed E-state index contributed by atoms with van der Waals surface area (Å²) in [5.74, 6) is -0.395. The van der Waals surface area contributed by atoms with Crippen LogP contribution in [0, 0.1) is 0 Å². The van der Waals surface area contributed by atoms with Gasteiger partial charge in [0.25, 0.3) is 5.91 Å². The fourth-order valence-corrected chi connectivity index (χ4v) is 5.32. The Kier molecular flexibility index (Phi) is 7.57. The Balaban J connectivity index is 2.34. The standard InChI is InChI=1S/C16H23ClN2O4S2/c17-13-10-14(24-11-5-2-1-3-6-11)12(9-15(13)25(18,22)23)16(21)19-7-4-8-20/h9-11,20H,1-8H2,(H,19,21)(H2,18,22,23). The second kappa shape index (κ2) is 9.23. The largest absolute Gasteiger partial charge is 0.396 e. The smallest absolute Gasteiger partial charge is 0.252 e. The van der Waals surface area contributed by atoms with E-state index in [0.717, 1.165) is 25.7 Å². The van der Waals surface area contributed by atoms with Crippen molar-refractivity contribution in [3.63, 3.8) is 0 Å². The molecule has 1 aliphatic carbocycles. The minimum Gasteiger partial charge on any atom is -0.396 e. The van der Waals surface area contributed by atoms with Crippen molar-refractivity contribution in [1.82, 2.24) is 5.32 Å². The average Bonchev–Trinajstić information content (AvgIpc) is 2.55. The Morgan fingerprint density at radius 2 is 2.00 bits per heavy atom. The first kappa shape index (κ1) is 20.5. The maximum absolute atomic E-state index is 12.5. The number of hydrogen-bond acceptors (Lipinski definition) is 5. The molecule has 0 radical (unpaired) electrons. The van der Waals surface area contributed by atoms with Crippen LogP contribution in [0.25, 0.3) is 0 Å². The topological polar surface area (TPSA) is 109 Å². The number of carbonyl (C=O) groups is 1. The Morgan fingerprint density at radius 1 is 1.32 bits per heavy atom. The van der Waals surface area contributed by atoms with Crippen LogP contribution in [0.5, 0.6) is 0 Å². The van der Waals surface area contributed by atoms with Gasteiger partial charge < -0.3 is 10.4 Å². The molecule has 4 N–H and O–H groups in total. The molecule has 0 atom stereocenters. The Labute approximate surface area is 157 Å². The van der Waals surface area contributed by atoms with E-state index in [-0.39, 0.29) is 22.1 Å². The fraction of sp³-hybridized carbons (Fsp3) is 0.562. The number of halogens is 1. The molecule has 25 heavy (non-hydrogen) atoms. The Morgan fingerprint density at radius 3 is 2.60 bits per heavy atom. The highest BCUT2D eigenvalue weighted by Gasteiger charge is 2.23. The van der Waals surface area contributed by atoms with E-state index in [4.69, 9.17) is 21.8 Å². The first-order chi connectivity index (χ1) is 11.8. The summed E-state index contributed by atoms with van der Waals surface area (Å²) in [7, 11) is -4.03. The van der Waals surface area contributed by atoms with Gasteiger partial charge in [0.05, 0.1) is 10.6 Å². The zero-order valence-corrected chi connectivity index (χ0v) is 16.2. The van der Waals surface area contributed by atoms with Crippen LogP contribution in [0.2, 0.25) is 5.02 Å². The van der Waals surface area contributed by atoms with Gasteiger partial charge in [-0.1, -0.05) is 30.9 Å². The van der Waals surface area contributed by atoms with Crippen LogP contribution in [0.15, 0.2) is 21.9 Å². The molecule has 1 aromatic carbocycles. The molecule has 1 saturated carbocycles. The van der Waals surface area contributed by atoms with Gasteiger partial charge in [0.15, 0.2) is 0 Å². The molecule has 0 aromatic heterocycles. The van der Waals surface area contributed by atoms with Crippen molar-refractivity contribution in [3.05, 3.63) is 22.7 Å². The van der Waals surface area contributed by atoms with E-state index in [1.807, 2.05) is 0 Å². The first-order valence-electron chi connectivity index (χ1n) is 8.25. The van der Waals surface area contributed by atoms with Gasteiger partial charge in [-0.3, -0.25) is 4.79 Å². The maximum Gasteiger partial charge on any atom is 0.252 e. The highest BCUT2D eigenvalue weighted by atomic mass is 35.5. The quantitative estimate of drug-likeness (QED) is 0.602. The summed E-state index contributed by atoms with van der Waals surface area (Å²) < 4.78 is 23.4. The second-order valence-electron chi connectivity index (χ2n) is 6.03. The van der Waals surface area contributed by atoms with E-state index in [9.17, 15) is 13.2 Å². The van der Waals surface area contributed by atoms with Crippen LogP contribution in [-0.4, -0.2) is 37.8 Å². The number of carbonyl (C=O) groups excluding carboxylic acids is 1. The summed E-state index contributed by atoms with van der Waals surface area (Å²) in [6, 6.07) is 2.76. The van der Waals surface area contributed by atoms with Gasteiger partial charge in [0, 0.05) is 23.3 Å². The van der Waals surface area contributed by atoms with Gasteiger partial charge in [-0.2, -0.15) is 0 Å². The van der Waals surface area contributed by atoms with Crippen LogP contribution in [0.1, 0.15) is 48.9 Å². The number of hydrogen-bond donors (Lipinski definition) is 3. The van der Waals surface area contributed by atoms with Gasteiger partial charge in [-0.05, 0) is 31.4 Å². The normalized spacial score (nSPS) is 16.0. The molecule has 2 rings (SSSR count). The molecule has 1 fully saturated rings. The molecular formula is C16H23ClN2O4S2. The van der Waals surface area contributed by atoms with Gasteiger partial charge >= 0.3 is 0 Å². The minimum atomic E-state index is -4.03. The number of aliphatic hydroxyl groups excluding tert-OH is 1. The highest BCUT2D eigenvalue weighted by molar-refractivity contribution is 8.00. The molecule has 1 aromatic rings. The van der Waals surface area contributed by atoms with Crippen molar-refractivity contribution in [3.8, 4) is 0 Å². The lowest BCUT2D eigenvalue weighted by atomic mass is 10.0. The third-order valence-electron chi connectivity index (χ3n) is 4.05. The third kappa shape index (κ3) is 5.86. The number of sulfonamides is 1. The molecule has 0 spiro atoms. The lowest BCUT2D eigenvalue weighted by Crippen LogP contribution is -2.26. The molecule has 0 bridgehead atoms. The van der Waals surface area contributed by atoms with Crippen molar-refractivity contribution in [1.29, 1.82) is 0 Å². The van der Waals surface area contributed by atoms with E-state index in [0.29, 0.717) is 23.1 Å². The van der Waals surface area contributed by atoms with E-state index < -0.39 is 15.9 Å². The number of amides is 1. The van der Waals surface area contributed by atoms with Crippen molar-refractivity contribution in [2.45, 2.75) is 53.6 Å². The van der Waals surface area contributed by atoms with Gasteiger partial charge in [0.2, 0.25) is 10.0 Å². The molecule has 0 aliphatic heterocycles. The molecule has 0 heterocycles. The fourth-order valence-electron chi connectivity index (χ4n) is 2.77. The van der Waals surface area contributed by atoms with Crippen LogP contribution < -0.4 is 10.5 Å². The number of aliphatic hydroxyl groups is 1. The lowest BCUT2D eigenvalue weighted by molar-refractivity contribution is 0.0948. The average molecular weight is 407 g/mol. The summed E-state index contributed by atoms with van der Waals surface area (Å²) in [6.07, 6.45) is 6.07. The summed E-state index contributed by atoms with van der Waals surface area (Å²) in [6.45, 7) is 0.267. The van der Waals surface area contributed by atoms with E-state index in [1.54, 1.807) is 11.8 Å². The van der Waals surface area contributed by atoms with E-state index >= 15 is 0 Å². The van der Waals surface area contributed by atoms with Crippen molar-refractivity contribution in [2.24, 2.45) is 5.14 Å². The van der Waals surface area contributed by atoms with Crippen molar-refractivity contribution in [2.75, 3.05) is 13.2 Å². The predicted molar refractivity (Wildman–Crippen MR) is 99.6 cm³/mol. The van der Waals surface area contributed by atoms with Crippen molar-refractivity contribution >= 4 is 39.3 Å². The monoisotopic (exact) mass is 406 g/mol. The maximum atomic E-state index is 12.5. The zero-order valence-electron chi connectivity index (χ0n) is 13.8. The summed E-state index contributed by atoms with van der Waals surface area (Å²) in [4.78, 5) is 12.9. The lowest BCUT2D eigenvalue weighted by Gasteiger charge is -2.22. The number of thioether (sulfide) groups is 1. The van der Waals surface area contributed by atoms with Gasteiger partial charge in [-0.25, -0.2) is 13.6 Å². The minimum absolute atomic E-state index is 0.0210. The summed E-state index contributed by atoms with van der Waals surface area (Å²) in [5, 5.41) is 17.1. The Hall–Kier alpha value is -0.800. The molecule has 1 aliphatic rings. The number of benzene rings is 1. The molecule has 0 saturated heterocycles. The van der Waals surface area contributed by atoms with E-state index in [2.05, 4.69) is 5.32 Å². The Bertz CT molecular complexity index is 719. The molecule has 9 heteroatoms. The zero-order chi connectivity index (χ0) is 18.4. The number of rotatable bonds is 7. The molecule has 0 unspecified atom stereocenters. The van der Waals surface area contributed by atoms with Crippen LogP contribution in [0.3, 0.4) is 0 Å².